The van der Waals surface area contributed by atoms with Gasteiger partial charge in [-0.1, -0.05) is 6.08 Å². The number of ether oxygens (including phenoxy) is 2. The molecule has 1 aliphatic carbocycles. The fourth-order valence-electron chi connectivity index (χ4n) is 3.65. The van der Waals surface area contributed by atoms with Gasteiger partial charge >= 0.3 is 0 Å². The van der Waals surface area contributed by atoms with Crippen molar-refractivity contribution in [3.8, 4) is 5.75 Å². The Kier molecular flexibility index (Phi) is 6.07. The first-order valence-electron chi connectivity index (χ1n) is 10.0. The fraction of sp³-hybridized carbons (Fsp3) is 0.455. The van der Waals surface area contributed by atoms with E-state index in [2.05, 4.69) is 6.58 Å². The van der Waals surface area contributed by atoms with Gasteiger partial charge in [0, 0.05) is 23.6 Å². The van der Waals surface area contributed by atoms with E-state index in [0.717, 1.165) is 48.9 Å². The number of anilines is 1. The van der Waals surface area contributed by atoms with E-state index in [0.29, 0.717) is 18.7 Å². The molecule has 0 saturated carbocycles. The van der Waals surface area contributed by atoms with E-state index in [4.69, 9.17) is 14.5 Å². The monoisotopic (exact) mass is 398 g/mol. The maximum atomic E-state index is 13.1. The Hall–Kier alpha value is -2.18. The zero-order chi connectivity index (χ0) is 19.3. The third kappa shape index (κ3) is 4.28. The molecule has 1 aliphatic heterocycles. The van der Waals surface area contributed by atoms with Gasteiger partial charge in [-0.25, -0.2) is 4.98 Å². The first-order valence-corrected chi connectivity index (χ1v) is 10.8. The Morgan fingerprint density at radius 3 is 2.82 bits per heavy atom. The van der Waals surface area contributed by atoms with E-state index < -0.39 is 0 Å². The molecule has 0 bridgehead atoms. The maximum absolute atomic E-state index is 13.1. The van der Waals surface area contributed by atoms with Crippen molar-refractivity contribution < 1.29 is 14.3 Å². The molecule has 5 nitrogen and oxygen atoms in total. The molecule has 2 aromatic rings. The molecular formula is C22H26N2O3S. The van der Waals surface area contributed by atoms with Crippen LogP contribution < -0.4 is 9.64 Å². The predicted octanol–water partition coefficient (Wildman–Crippen LogP) is 4.41. The molecule has 148 valence electrons. The summed E-state index contributed by atoms with van der Waals surface area (Å²) in [5.74, 6) is 0.698. The number of nitrogens with zero attached hydrogens (tertiary/aromatic N) is 2. The number of thiazole rings is 1. The molecule has 2 heterocycles. The standard InChI is InChI=1S/C22H26N2O3S/c1-2-13-24(22-23-19-7-3-4-8-20(19)28-22)21(25)16-9-11-17(12-10-16)27-15-18-6-5-14-26-18/h2,9-12,18H,1,3-8,13-15H2. The third-order valence-corrected chi connectivity index (χ3v) is 6.36. The van der Waals surface area contributed by atoms with E-state index >= 15 is 0 Å². The van der Waals surface area contributed by atoms with Gasteiger partial charge in [0.25, 0.3) is 5.91 Å². The third-order valence-electron chi connectivity index (χ3n) is 5.18. The predicted molar refractivity (Wildman–Crippen MR) is 112 cm³/mol. The average molecular weight is 399 g/mol. The summed E-state index contributed by atoms with van der Waals surface area (Å²) in [6, 6.07) is 7.33. The molecule has 1 aromatic heterocycles. The van der Waals surface area contributed by atoms with Crippen molar-refractivity contribution in [3.63, 3.8) is 0 Å². The topological polar surface area (TPSA) is 51.7 Å². The van der Waals surface area contributed by atoms with Crippen LogP contribution in [0.15, 0.2) is 36.9 Å². The molecule has 0 spiro atoms. The normalized spacial score (nSPS) is 18.5. The molecule has 1 aromatic carbocycles. The zero-order valence-electron chi connectivity index (χ0n) is 16.1. The van der Waals surface area contributed by atoms with Crippen LogP contribution >= 0.6 is 11.3 Å². The van der Waals surface area contributed by atoms with Gasteiger partial charge in [-0.3, -0.25) is 9.69 Å². The molecule has 0 radical (unpaired) electrons. The van der Waals surface area contributed by atoms with Crippen LogP contribution in [-0.4, -0.2) is 36.8 Å². The lowest BCUT2D eigenvalue weighted by atomic mass is 10.0. The number of carbonyl (C=O) groups is 1. The van der Waals surface area contributed by atoms with Crippen LogP contribution in [0.2, 0.25) is 0 Å². The van der Waals surface area contributed by atoms with Gasteiger partial charge in [0.15, 0.2) is 5.13 Å². The van der Waals surface area contributed by atoms with Crippen molar-refractivity contribution in [2.75, 3.05) is 24.7 Å². The number of rotatable bonds is 7. The SMILES string of the molecule is C=CCN(C(=O)c1ccc(OCC2CCCO2)cc1)c1nc2c(s1)CCCC2. The zero-order valence-corrected chi connectivity index (χ0v) is 16.9. The van der Waals surface area contributed by atoms with E-state index in [1.165, 1.54) is 17.7 Å². The molecule has 1 fully saturated rings. The summed E-state index contributed by atoms with van der Waals surface area (Å²) in [4.78, 5) is 20.9. The molecule has 1 amide bonds. The minimum Gasteiger partial charge on any atom is -0.491 e. The van der Waals surface area contributed by atoms with Gasteiger partial charge in [-0.2, -0.15) is 0 Å². The van der Waals surface area contributed by atoms with Crippen molar-refractivity contribution in [3.05, 3.63) is 53.1 Å². The van der Waals surface area contributed by atoms with Crippen molar-refractivity contribution in [1.29, 1.82) is 0 Å². The van der Waals surface area contributed by atoms with Crippen LogP contribution in [0.4, 0.5) is 5.13 Å². The summed E-state index contributed by atoms with van der Waals surface area (Å²) in [5.41, 5.74) is 1.78. The summed E-state index contributed by atoms with van der Waals surface area (Å²) in [7, 11) is 0. The molecule has 6 heteroatoms. The minimum atomic E-state index is -0.0586. The second-order valence-electron chi connectivity index (χ2n) is 7.25. The lowest BCUT2D eigenvalue weighted by Crippen LogP contribution is -2.31. The van der Waals surface area contributed by atoms with Crippen LogP contribution in [-0.2, 0) is 17.6 Å². The first kappa shape index (κ1) is 19.2. The highest BCUT2D eigenvalue weighted by Gasteiger charge is 2.23. The molecule has 4 rings (SSSR count). The first-order chi connectivity index (χ1) is 13.7. The van der Waals surface area contributed by atoms with Crippen LogP contribution in [0.3, 0.4) is 0 Å². The largest absolute Gasteiger partial charge is 0.491 e. The average Bonchev–Trinajstić information content (AvgIpc) is 3.40. The summed E-state index contributed by atoms with van der Waals surface area (Å²) in [6.07, 6.45) is 8.54. The smallest absolute Gasteiger partial charge is 0.260 e. The molecule has 1 saturated heterocycles. The highest BCUT2D eigenvalue weighted by molar-refractivity contribution is 7.16. The maximum Gasteiger partial charge on any atom is 0.260 e. The second kappa shape index (κ2) is 8.88. The minimum absolute atomic E-state index is 0.0586. The Morgan fingerprint density at radius 2 is 2.11 bits per heavy atom. The number of hydrogen-bond donors (Lipinski definition) is 0. The van der Waals surface area contributed by atoms with Crippen LogP contribution in [0, 0.1) is 0 Å². The summed E-state index contributed by atoms with van der Waals surface area (Å²) < 4.78 is 11.4. The van der Waals surface area contributed by atoms with Crippen molar-refractivity contribution >= 4 is 22.4 Å². The quantitative estimate of drug-likeness (QED) is 0.648. The number of amides is 1. The Balaban J connectivity index is 1.45. The van der Waals surface area contributed by atoms with Crippen LogP contribution in [0.5, 0.6) is 5.75 Å². The van der Waals surface area contributed by atoms with Crippen molar-refractivity contribution in [2.24, 2.45) is 0 Å². The Labute approximate surface area is 170 Å². The number of aromatic nitrogens is 1. The Bertz CT molecular complexity index is 801. The van der Waals surface area contributed by atoms with E-state index in [9.17, 15) is 4.79 Å². The highest BCUT2D eigenvalue weighted by Crippen LogP contribution is 2.32. The number of hydrogen-bond acceptors (Lipinski definition) is 5. The summed E-state index contributed by atoms with van der Waals surface area (Å²) in [6.45, 7) is 5.63. The fourth-order valence-corrected chi connectivity index (χ4v) is 4.80. The van der Waals surface area contributed by atoms with E-state index in [-0.39, 0.29) is 12.0 Å². The van der Waals surface area contributed by atoms with E-state index in [1.54, 1.807) is 22.3 Å². The van der Waals surface area contributed by atoms with Gasteiger partial charge in [0.2, 0.25) is 0 Å². The molecular weight excluding hydrogens is 372 g/mol. The Morgan fingerprint density at radius 1 is 1.29 bits per heavy atom. The lowest BCUT2D eigenvalue weighted by Gasteiger charge is -2.18. The van der Waals surface area contributed by atoms with Gasteiger partial charge < -0.3 is 9.47 Å². The number of fused-ring (bicyclic) bond motifs is 1. The van der Waals surface area contributed by atoms with Crippen LogP contribution in [0.1, 0.15) is 46.6 Å². The molecule has 28 heavy (non-hydrogen) atoms. The highest BCUT2D eigenvalue weighted by atomic mass is 32.1. The summed E-state index contributed by atoms with van der Waals surface area (Å²) >= 11 is 1.64. The second-order valence-corrected chi connectivity index (χ2v) is 8.31. The van der Waals surface area contributed by atoms with E-state index in [1.807, 2.05) is 24.3 Å². The number of aryl methyl sites for hydroxylation is 2. The number of carbonyl (C=O) groups excluding carboxylic acids is 1. The van der Waals surface area contributed by atoms with Gasteiger partial charge in [-0.15, -0.1) is 17.9 Å². The molecule has 0 N–H and O–H groups in total. The molecule has 2 aliphatic rings. The molecule has 1 atom stereocenters. The van der Waals surface area contributed by atoms with Crippen LogP contribution in [0.25, 0.3) is 0 Å². The number of benzene rings is 1. The van der Waals surface area contributed by atoms with Gasteiger partial charge in [-0.05, 0) is 62.8 Å². The van der Waals surface area contributed by atoms with Gasteiger partial charge in [0.05, 0.1) is 11.8 Å². The summed E-state index contributed by atoms with van der Waals surface area (Å²) in [5, 5.41) is 0.774. The molecule has 1 unspecified atom stereocenters. The van der Waals surface area contributed by atoms with Gasteiger partial charge in [0.1, 0.15) is 12.4 Å². The van der Waals surface area contributed by atoms with Crippen molar-refractivity contribution in [2.45, 2.75) is 44.6 Å². The lowest BCUT2D eigenvalue weighted by molar-refractivity contribution is 0.0679. The van der Waals surface area contributed by atoms with Crippen molar-refractivity contribution in [1.82, 2.24) is 4.98 Å².